The minimum atomic E-state index is -0.905. The molecule has 0 radical (unpaired) electrons. The van der Waals surface area contributed by atoms with Crippen molar-refractivity contribution in [2.24, 2.45) is 11.8 Å². The molecule has 3 atom stereocenters. The van der Waals surface area contributed by atoms with Crippen molar-refractivity contribution in [1.82, 2.24) is 4.90 Å². The summed E-state index contributed by atoms with van der Waals surface area (Å²) in [4.78, 5) is 38.4. The molecule has 0 aromatic heterocycles. The van der Waals surface area contributed by atoms with Crippen LogP contribution in [0.5, 0.6) is 0 Å². The molecule has 6 heteroatoms. The van der Waals surface area contributed by atoms with Crippen molar-refractivity contribution in [2.75, 3.05) is 0 Å². The lowest BCUT2D eigenvalue weighted by atomic mass is 9.81. The van der Waals surface area contributed by atoms with Gasteiger partial charge in [0.05, 0.1) is 11.8 Å². The Morgan fingerprint density at radius 3 is 2.38 bits per heavy atom. The zero-order chi connectivity index (χ0) is 17.3. The number of ether oxygens (including phenoxy) is 1. The van der Waals surface area contributed by atoms with Crippen molar-refractivity contribution in [3.63, 3.8) is 0 Å². The summed E-state index contributed by atoms with van der Waals surface area (Å²) in [5.41, 5.74) is 0.687. The highest BCUT2D eigenvalue weighted by atomic mass is 35.5. The number of carbonyl (C=O) groups excluding carboxylic acids is 3. The van der Waals surface area contributed by atoms with Gasteiger partial charge in [0.25, 0.3) is 0 Å². The van der Waals surface area contributed by atoms with Gasteiger partial charge in [-0.2, -0.15) is 0 Å². The molecule has 1 aliphatic carbocycles. The smallest absolute Gasteiger partial charge is 0.329 e. The number of amides is 2. The van der Waals surface area contributed by atoms with Crippen molar-refractivity contribution in [3.8, 4) is 0 Å². The number of benzene rings is 1. The molecule has 1 saturated heterocycles. The average Bonchev–Trinajstić information content (AvgIpc) is 2.85. The maximum absolute atomic E-state index is 12.5. The van der Waals surface area contributed by atoms with Gasteiger partial charge in [0.1, 0.15) is 12.6 Å². The Labute approximate surface area is 145 Å². The van der Waals surface area contributed by atoms with Crippen LogP contribution in [0.1, 0.15) is 38.2 Å². The molecule has 5 nitrogen and oxygen atoms in total. The van der Waals surface area contributed by atoms with Crippen LogP contribution in [0, 0.1) is 11.8 Å². The molecule has 2 aliphatic rings. The van der Waals surface area contributed by atoms with Gasteiger partial charge in [-0.15, -0.1) is 0 Å². The monoisotopic (exact) mass is 349 g/mol. The summed E-state index contributed by atoms with van der Waals surface area (Å²) in [6.07, 6.45) is 3.37. The molecule has 1 aromatic carbocycles. The van der Waals surface area contributed by atoms with E-state index >= 15 is 0 Å². The Morgan fingerprint density at radius 1 is 1.21 bits per heavy atom. The van der Waals surface area contributed by atoms with Gasteiger partial charge in [-0.25, -0.2) is 4.79 Å². The number of fused-ring (bicyclic) bond motifs is 1. The fraction of sp³-hybridized carbons (Fsp3) is 0.500. The van der Waals surface area contributed by atoms with Crippen LogP contribution < -0.4 is 0 Å². The number of nitrogens with zero attached hydrogens (tertiary/aromatic N) is 1. The predicted octanol–water partition coefficient (Wildman–Crippen LogP) is 2.95. The van der Waals surface area contributed by atoms with E-state index in [0.717, 1.165) is 30.6 Å². The van der Waals surface area contributed by atoms with E-state index < -0.39 is 12.0 Å². The molecule has 2 fully saturated rings. The largest absolute Gasteiger partial charge is 0.459 e. The standard InChI is InChI=1S/C18H20ClNO4/c1-11(18(23)24-10-12-6-2-5-9-15(12)19)20-16(21)13-7-3-4-8-14(13)17(20)22/h2,5-6,9,11,13-14H,3-4,7-8,10H2,1H3/t11-,13+,14+/m0/s1. The summed E-state index contributed by atoms with van der Waals surface area (Å²) >= 11 is 6.03. The number of carbonyl (C=O) groups is 3. The molecule has 1 saturated carbocycles. The third-order valence-corrected chi connectivity index (χ3v) is 5.30. The minimum Gasteiger partial charge on any atom is -0.459 e. The topological polar surface area (TPSA) is 63.7 Å². The Balaban J connectivity index is 1.66. The Morgan fingerprint density at radius 2 is 1.79 bits per heavy atom. The summed E-state index contributed by atoms with van der Waals surface area (Å²) in [6.45, 7) is 1.56. The molecule has 24 heavy (non-hydrogen) atoms. The molecule has 1 aliphatic heterocycles. The predicted molar refractivity (Wildman–Crippen MR) is 88.0 cm³/mol. The van der Waals surface area contributed by atoms with Crippen molar-refractivity contribution < 1.29 is 19.1 Å². The lowest BCUT2D eigenvalue weighted by Gasteiger charge is -2.21. The number of likely N-dealkylation sites (tertiary alicyclic amines) is 1. The van der Waals surface area contributed by atoms with Gasteiger partial charge >= 0.3 is 5.97 Å². The van der Waals surface area contributed by atoms with E-state index in [-0.39, 0.29) is 30.3 Å². The van der Waals surface area contributed by atoms with Gasteiger partial charge in [-0.05, 0) is 25.8 Å². The summed E-state index contributed by atoms with van der Waals surface area (Å²) in [5, 5.41) is 0.511. The first-order valence-corrected chi connectivity index (χ1v) is 8.65. The highest BCUT2D eigenvalue weighted by molar-refractivity contribution is 6.31. The second kappa shape index (κ2) is 6.93. The Hall–Kier alpha value is -1.88. The number of hydrogen-bond donors (Lipinski definition) is 0. The first-order chi connectivity index (χ1) is 11.5. The van der Waals surface area contributed by atoms with E-state index in [2.05, 4.69) is 0 Å². The van der Waals surface area contributed by atoms with Crippen LogP contribution in [0.25, 0.3) is 0 Å². The first kappa shape index (κ1) is 17.0. The highest BCUT2D eigenvalue weighted by Gasteiger charge is 2.51. The van der Waals surface area contributed by atoms with Crippen LogP contribution in [-0.2, 0) is 25.7 Å². The van der Waals surface area contributed by atoms with E-state index in [1.807, 2.05) is 0 Å². The van der Waals surface area contributed by atoms with Gasteiger partial charge in [0.2, 0.25) is 11.8 Å². The molecule has 2 amide bonds. The molecule has 3 rings (SSSR count). The summed E-state index contributed by atoms with van der Waals surface area (Å²) in [7, 11) is 0. The highest BCUT2D eigenvalue weighted by Crippen LogP contribution is 2.38. The quantitative estimate of drug-likeness (QED) is 0.619. The fourth-order valence-electron chi connectivity index (χ4n) is 3.56. The van der Waals surface area contributed by atoms with Crippen molar-refractivity contribution in [3.05, 3.63) is 34.9 Å². The van der Waals surface area contributed by atoms with Crippen LogP contribution in [-0.4, -0.2) is 28.7 Å². The molecule has 0 N–H and O–H groups in total. The SMILES string of the molecule is C[C@@H](C(=O)OCc1ccccc1Cl)N1C(=O)[C@@H]2CCCC[C@H]2C1=O. The van der Waals surface area contributed by atoms with Crippen LogP contribution in [0.4, 0.5) is 0 Å². The summed E-state index contributed by atoms with van der Waals surface area (Å²) < 4.78 is 5.26. The van der Waals surface area contributed by atoms with Crippen molar-refractivity contribution in [2.45, 2.75) is 45.3 Å². The van der Waals surface area contributed by atoms with E-state index in [0.29, 0.717) is 10.6 Å². The third-order valence-electron chi connectivity index (χ3n) is 4.93. The molecule has 1 aromatic rings. The van der Waals surface area contributed by atoms with Crippen LogP contribution in [0.15, 0.2) is 24.3 Å². The van der Waals surface area contributed by atoms with Crippen molar-refractivity contribution >= 4 is 29.4 Å². The Kier molecular flexibility index (Phi) is 4.90. The second-order valence-electron chi connectivity index (χ2n) is 6.42. The minimum absolute atomic E-state index is 0.0198. The molecule has 1 heterocycles. The summed E-state index contributed by atoms with van der Waals surface area (Å²) in [5.74, 6) is -1.57. The van der Waals surface area contributed by atoms with E-state index in [9.17, 15) is 14.4 Å². The average molecular weight is 350 g/mol. The maximum Gasteiger partial charge on any atom is 0.329 e. The molecule has 128 valence electrons. The molecule has 0 spiro atoms. The zero-order valence-corrected chi connectivity index (χ0v) is 14.3. The third kappa shape index (κ3) is 3.05. The van der Waals surface area contributed by atoms with Gasteiger partial charge in [0.15, 0.2) is 0 Å². The number of halogens is 1. The van der Waals surface area contributed by atoms with Crippen molar-refractivity contribution in [1.29, 1.82) is 0 Å². The van der Waals surface area contributed by atoms with Crippen LogP contribution in [0.3, 0.4) is 0 Å². The molecular weight excluding hydrogens is 330 g/mol. The second-order valence-corrected chi connectivity index (χ2v) is 6.83. The summed E-state index contributed by atoms with van der Waals surface area (Å²) in [6, 6.07) is 6.17. The maximum atomic E-state index is 12.5. The first-order valence-electron chi connectivity index (χ1n) is 8.27. The van der Waals surface area contributed by atoms with Crippen LogP contribution in [0.2, 0.25) is 5.02 Å². The zero-order valence-electron chi connectivity index (χ0n) is 13.5. The van der Waals surface area contributed by atoms with E-state index in [1.165, 1.54) is 0 Å². The number of rotatable bonds is 4. The molecule has 0 unspecified atom stereocenters. The fourth-order valence-corrected chi connectivity index (χ4v) is 3.75. The lowest BCUT2D eigenvalue weighted by molar-refractivity contribution is -0.159. The van der Waals surface area contributed by atoms with E-state index in [1.54, 1.807) is 31.2 Å². The Bertz CT molecular complexity index is 651. The number of imide groups is 1. The van der Waals surface area contributed by atoms with Gasteiger partial charge < -0.3 is 4.74 Å². The van der Waals surface area contributed by atoms with E-state index in [4.69, 9.17) is 16.3 Å². The van der Waals surface area contributed by atoms with Crippen LogP contribution >= 0.6 is 11.6 Å². The van der Waals surface area contributed by atoms with Gasteiger partial charge in [0, 0.05) is 10.6 Å². The lowest BCUT2D eigenvalue weighted by Crippen LogP contribution is -2.44. The number of hydrogen-bond acceptors (Lipinski definition) is 4. The molecule has 0 bridgehead atoms. The number of esters is 1. The molecular formula is C18H20ClNO4. The normalized spacial score (nSPS) is 24.7. The van der Waals surface area contributed by atoms with Gasteiger partial charge in [-0.3, -0.25) is 14.5 Å². The van der Waals surface area contributed by atoms with Gasteiger partial charge in [-0.1, -0.05) is 42.6 Å².